The first-order chi connectivity index (χ1) is 9.58. The molecule has 0 heterocycles. The molecule has 0 saturated carbocycles. The van der Waals surface area contributed by atoms with Crippen molar-refractivity contribution in [2.45, 2.75) is 13.3 Å². The molecule has 0 aliphatic heterocycles. The maximum Gasteiger partial charge on any atom is 0.573 e. The summed E-state index contributed by atoms with van der Waals surface area (Å²) in [4.78, 5) is 21.5. The molecular weight excluding hydrogens is 315 g/mol. The lowest BCUT2D eigenvalue weighted by atomic mass is 10.1. The number of aliphatic carboxylic acids is 1. The van der Waals surface area contributed by atoms with E-state index in [9.17, 15) is 22.8 Å². The van der Waals surface area contributed by atoms with Crippen molar-refractivity contribution in [1.29, 1.82) is 0 Å². The fraction of sp³-hybridized carbons (Fsp3) is 0.167. The van der Waals surface area contributed by atoms with Crippen LogP contribution in [0.25, 0.3) is 6.08 Å². The molecule has 114 valence electrons. The minimum atomic E-state index is -4.95. The summed E-state index contributed by atoms with van der Waals surface area (Å²) in [5.41, 5.74) is 0.0516. The van der Waals surface area contributed by atoms with E-state index in [-0.39, 0.29) is 16.3 Å². The Morgan fingerprint density at radius 1 is 1.38 bits per heavy atom. The van der Waals surface area contributed by atoms with Gasteiger partial charge in [0.05, 0.1) is 5.02 Å². The Hall–Kier alpha value is -2.22. The molecule has 0 radical (unpaired) electrons. The number of alkyl halides is 3. The first kappa shape index (κ1) is 16.8. The van der Waals surface area contributed by atoms with Gasteiger partial charge >= 0.3 is 12.3 Å². The van der Waals surface area contributed by atoms with Crippen LogP contribution in [0.5, 0.6) is 5.75 Å². The molecule has 0 unspecified atom stereocenters. The molecule has 2 N–H and O–H groups in total. The van der Waals surface area contributed by atoms with E-state index in [2.05, 4.69) is 10.1 Å². The van der Waals surface area contributed by atoms with Gasteiger partial charge in [0.25, 0.3) is 0 Å². The van der Waals surface area contributed by atoms with Gasteiger partial charge in [-0.25, -0.2) is 4.79 Å². The number of rotatable bonds is 4. The molecule has 0 aliphatic rings. The summed E-state index contributed by atoms with van der Waals surface area (Å²) in [5, 5.41) is 10.5. The quantitative estimate of drug-likeness (QED) is 0.834. The molecule has 0 atom stereocenters. The second-order valence-electron chi connectivity index (χ2n) is 3.77. The highest BCUT2D eigenvalue weighted by molar-refractivity contribution is 6.32. The average Bonchev–Trinajstić information content (AvgIpc) is 2.28. The standard InChI is InChI=1S/C12H9ClF3NO4/c1-6(18)17-9-5-8(13)10(21-12(14,15)16)4-7(9)2-3-11(19)20/h2-5H,1H3,(H,17,18)(H,19,20)/b3-2+. The summed E-state index contributed by atoms with van der Waals surface area (Å²) in [6.45, 7) is 1.18. The number of hydrogen-bond acceptors (Lipinski definition) is 3. The van der Waals surface area contributed by atoms with Crippen molar-refractivity contribution >= 4 is 35.2 Å². The third-order valence-corrected chi connectivity index (χ3v) is 2.34. The number of hydrogen-bond donors (Lipinski definition) is 2. The van der Waals surface area contributed by atoms with Crippen LogP contribution in [-0.4, -0.2) is 23.3 Å². The fourth-order valence-corrected chi connectivity index (χ4v) is 1.57. The molecule has 1 aromatic rings. The largest absolute Gasteiger partial charge is 0.573 e. The lowest BCUT2D eigenvalue weighted by Gasteiger charge is -2.14. The maximum absolute atomic E-state index is 12.2. The molecular formula is C12H9ClF3NO4. The van der Waals surface area contributed by atoms with Gasteiger partial charge in [-0.3, -0.25) is 4.79 Å². The Morgan fingerprint density at radius 2 is 2.00 bits per heavy atom. The zero-order valence-corrected chi connectivity index (χ0v) is 11.2. The number of carboxylic acid groups (broad SMARTS) is 1. The molecule has 0 aliphatic carbocycles. The van der Waals surface area contributed by atoms with Gasteiger partial charge in [0, 0.05) is 24.3 Å². The number of nitrogens with one attached hydrogen (secondary N) is 1. The van der Waals surface area contributed by atoms with E-state index in [0.717, 1.165) is 18.2 Å². The monoisotopic (exact) mass is 323 g/mol. The molecule has 1 amide bonds. The van der Waals surface area contributed by atoms with Crippen LogP contribution in [0.1, 0.15) is 12.5 Å². The van der Waals surface area contributed by atoms with Crippen LogP contribution in [-0.2, 0) is 9.59 Å². The van der Waals surface area contributed by atoms with Gasteiger partial charge in [-0.05, 0) is 18.2 Å². The second-order valence-corrected chi connectivity index (χ2v) is 4.18. The van der Waals surface area contributed by atoms with Crippen LogP contribution < -0.4 is 10.1 Å². The summed E-state index contributed by atoms with van der Waals surface area (Å²) in [6.07, 6.45) is -3.24. The number of ether oxygens (including phenoxy) is 1. The smallest absolute Gasteiger partial charge is 0.478 e. The summed E-state index contributed by atoms with van der Waals surface area (Å²) in [7, 11) is 0. The van der Waals surface area contributed by atoms with E-state index >= 15 is 0 Å². The van der Waals surface area contributed by atoms with E-state index in [4.69, 9.17) is 16.7 Å². The molecule has 0 spiro atoms. The van der Waals surface area contributed by atoms with Crippen LogP contribution in [0.4, 0.5) is 18.9 Å². The second kappa shape index (κ2) is 6.49. The zero-order chi connectivity index (χ0) is 16.2. The number of anilines is 1. The van der Waals surface area contributed by atoms with Gasteiger partial charge in [0.1, 0.15) is 5.75 Å². The average molecular weight is 324 g/mol. The Kier molecular flexibility index (Phi) is 5.20. The minimum Gasteiger partial charge on any atom is -0.478 e. The number of carbonyl (C=O) groups is 2. The van der Waals surface area contributed by atoms with Crippen molar-refractivity contribution in [3.05, 3.63) is 28.8 Å². The molecule has 0 bridgehead atoms. The van der Waals surface area contributed by atoms with Crippen LogP contribution in [0.15, 0.2) is 18.2 Å². The van der Waals surface area contributed by atoms with Crippen LogP contribution in [0.3, 0.4) is 0 Å². The number of carboxylic acids is 1. The molecule has 0 aromatic heterocycles. The molecule has 9 heteroatoms. The lowest BCUT2D eigenvalue weighted by Crippen LogP contribution is -2.17. The molecule has 0 saturated heterocycles. The molecule has 1 aromatic carbocycles. The first-order valence-corrected chi connectivity index (χ1v) is 5.74. The third kappa shape index (κ3) is 5.74. The Morgan fingerprint density at radius 3 is 2.48 bits per heavy atom. The van der Waals surface area contributed by atoms with Gasteiger partial charge < -0.3 is 15.2 Å². The van der Waals surface area contributed by atoms with Crippen molar-refractivity contribution in [3.8, 4) is 5.75 Å². The van der Waals surface area contributed by atoms with Gasteiger partial charge in [0.15, 0.2) is 0 Å². The number of halogens is 4. The van der Waals surface area contributed by atoms with Crippen molar-refractivity contribution in [3.63, 3.8) is 0 Å². The number of benzene rings is 1. The number of amides is 1. The predicted molar refractivity (Wildman–Crippen MR) is 69.1 cm³/mol. The lowest BCUT2D eigenvalue weighted by molar-refractivity contribution is -0.274. The van der Waals surface area contributed by atoms with Gasteiger partial charge in [-0.2, -0.15) is 0 Å². The normalized spacial score (nSPS) is 11.5. The van der Waals surface area contributed by atoms with E-state index in [1.165, 1.54) is 6.92 Å². The maximum atomic E-state index is 12.2. The van der Waals surface area contributed by atoms with Crippen molar-refractivity contribution in [2.24, 2.45) is 0 Å². The summed E-state index contributed by atoms with van der Waals surface area (Å²) >= 11 is 5.64. The van der Waals surface area contributed by atoms with Gasteiger partial charge in [-0.15, -0.1) is 13.2 Å². The topological polar surface area (TPSA) is 75.6 Å². The number of carbonyl (C=O) groups excluding carboxylic acids is 1. The van der Waals surface area contributed by atoms with Crippen molar-refractivity contribution in [2.75, 3.05) is 5.32 Å². The third-order valence-electron chi connectivity index (χ3n) is 2.05. The van der Waals surface area contributed by atoms with Crippen molar-refractivity contribution < 1.29 is 32.6 Å². The zero-order valence-electron chi connectivity index (χ0n) is 10.5. The highest BCUT2D eigenvalue weighted by Crippen LogP contribution is 2.35. The minimum absolute atomic E-state index is 0.00347. The highest BCUT2D eigenvalue weighted by atomic mass is 35.5. The Labute approximate surface area is 122 Å². The van der Waals surface area contributed by atoms with Crippen LogP contribution >= 0.6 is 11.6 Å². The van der Waals surface area contributed by atoms with E-state index in [1.54, 1.807) is 0 Å². The summed E-state index contributed by atoms with van der Waals surface area (Å²) < 4.78 is 40.4. The van der Waals surface area contributed by atoms with Gasteiger partial charge in [0.2, 0.25) is 5.91 Å². The van der Waals surface area contributed by atoms with Crippen LogP contribution in [0, 0.1) is 0 Å². The van der Waals surface area contributed by atoms with E-state index in [1.807, 2.05) is 0 Å². The molecule has 21 heavy (non-hydrogen) atoms. The Bertz CT molecular complexity index is 599. The molecule has 5 nitrogen and oxygen atoms in total. The Balaban J connectivity index is 3.29. The van der Waals surface area contributed by atoms with Crippen molar-refractivity contribution in [1.82, 2.24) is 0 Å². The fourth-order valence-electron chi connectivity index (χ4n) is 1.37. The summed E-state index contributed by atoms with van der Waals surface area (Å²) in [6, 6.07) is 1.91. The molecule has 0 fully saturated rings. The highest BCUT2D eigenvalue weighted by Gasteiger charge is 2.32. The first-order valence-electron chi connectivity index (χ1n) is 5.36. The summed E-state index contributed by atoms with van der Waals surface area (Å²) in [5.74, 6) is -2.51. The SMILES string of the molecule is CC(=O)Nc1cc(Cl)c(OC(F)(F)F)cc1/C=C/C(=O)O. The van der Waals surface area contributed by atoms with E-state index < -0.39 is 24.0 Å². The van der Waals surface area contributed by atoms with Gasteiger partial charge in [-0.1, -0.05) is 11.6 Å². The molecule has 1 rings (SSSR count). The van der Waals surface area contributed by atoms with Crippen LogP contribution in [0.2, 0.25) is 5.02 Å². The van der Waals surface area contributed by atoms with E-state index in [0.29, 0.717) is 6.08 Å². The predicted octanol–water partition coefficient (Wildman–Crippen LogP) is 3.29.